The summed E-state index contributed by atoms with van der Waals surface area (Å²) >= 11 is 0. The molecule has 0 radical (unpaired) electrons. The molecule has 3 aromatic rings. The normalized spacial score (nSPS) is 24.4. The van der Waals surface area contributed by atoms with Crippen molar-refractivity contribution in [2.45, 2.75) is 30.7 Å². The third-order valence-corrected chi connectivity index (χ3v) is 5.59. The first-order valence-corrected chi connectivity index (χ1v) is 11.4. The Kier molecular flexibility index (Phi) is 6.61. The van der Waals surface area contributed by atoms with Gasteiger partial charge in [0, 0.05) is 23.8 Å². The molecule has 2 heterocycles. The van der Waals surface area contributed by atoms with Gasteiger partial charge in [0.2, 0.25) is 6.29 Å². The largest absolute Gasteiger partial charge is 0.507 e. The number of hydrogen-bond acceptors (Lipinski definition) is 12. The Hall–Kier alpha value is -3.73. The van der Waals surface area contributed by atoms with Crippen LogP contribution in [0.4, 0.5) is 0 Å². The molecule has 0 amide bonds. The smallest absolute Gasteiger partial charge is 0.446 e. The highest BCUT2D eigenvalue weighted by Crippen LogP contribution is 2.33. The number of phenols is 1. The van der Waals surface area contributed by atoms with Gasteiger partial charge in [0.15, 0.2) is 11.5 Å². The van der Waals surface area contributed by atoms with Crippen molar-refractivity contribution in [2.75, 3.05) is 0 Å². The number of carboxylic acids is 1. The second-order valence-electron chi connectivity index (χ2n) is 7.68. The Morgan fingerprint density at radius 1 is 0.944 bits per heavy atom. The first kappa shape index (κ1) is 25.4. The van der Waals surface area contributed by atoms with Gasteiger partial charge in [-0.2, -0.15) is 8.42 Å². The topological polar surface area (TPSA) is 230 Å². The zero-order valence-corrected chi connectivity index (χ0v) is 18.6. The number of aliphatic hydroxyl groups excluding tert-OH is 3. The van der Waals surface area contributed by atoms with Crippen LogP contribution in [0.2, 0.25) is 0 Å². The van der Waals surface area contributed by atoms with Gasteiger partial charge in [0.1, 0.15) is 52.3 Å². The minimum Gasteiger partial charge on any atom is -0.507 e. The highest BCUT2D eigenvalue weighted by atomic mass is 32.3. The molecule has 6 N–H and O–H groups in total. The standard InChI is InChI=1S/C21H18O14S/c22-11-5-10(32-21-18(26)16(24)17(25)19(34-21)20(27)28)6-14-15(11)12(23)7-13(33-14)8-1-3-9(4-2-8)35-36(29,30)31/h1-7,16-19,21-22,24-26H,(H,27,28)(H,29,30,31)/t16-,17-,18+,19-,21?/m0/s1. The molecule has 4 rings (SSSR count). The lowest BCUT2D eigenvalue weighted by atomic mass is 9.99. The number of benzene rings is 2. The van der Waals surface area contributed by atoms with E-state index in [1.165, 1.54) is 24.3 Å². The molecule has 1 aromatic heterocycles. The zero-order chi connectivity index (χ0) is 26.4. The van der Waals surface area contributed by atoms with E-state index in [1.54, 1.807) is 0 Å². The maximum absolute atomic E-state index is 12.6. The van der Waals surface area contributed by atoms with Gasteiger partial charge in [-0.05, 0) is 24.3 Å². The van der Waals surface area contributed by atoms with Crippen molar-refractivity contribution in [3.63, 3.8) is 0 Å². The Balaban J connectivity index is 1.67. The van der Waals surface area contributed by atoms with Crippen LogP contribution in [0.25, 0.3) is 22.3 Å². The number of hydrogen-bond donors (Lipinski definition) is 6. The first-order valence-electron chi connectivity index (χ1n) is 10.0. The van der Waals surface area contributed by atoms with E-state index in [1.807, 2.05) is 0 Å². The van der Waals surface area contributed by atoms with Crippen LogP contribution in [0.1, 0.15) is 0 Å². The summed E-state index contributed by atoms with van der Waals surface area (Å²) in [6.07, 6.45) is -9.41. The summed E-state index contributed by atoms with van der Waals surface area (Å²) in [7, 11) is -4.74. The molecule has 1 saturated heterocycles. The van der Waals surface area contributed by atoms with E-state index >= 15 is 0 Å². The lowest BCUT2D eigenvalue weighted by molar-refractivity contribution is -0.271. The fourth-order valence-electron chi connectivity index (χ4n) is 3.53. The molecule has 1 fully saturated rings. The Morgan fingerprint density at radius 3 is 2.22 bits per heavy atom. The van der Waals surface area contributed by atoms with E-state index in [-0.39, 0.29) is 33.8 Å². The van der Waals surface area contributed by atoms with Gasteiger partial charge in [-0.25, -0.2) is 4.79 Å². The summed E-state index contributed by atoms with van der Waals surface area (Å²) < 4.78 is 50.8. The molecule has 0 bridgehead atoms. The number of aliphatic hydroxyl groups is 3. The lowest BCUT2D eigenvalue weighted by Gasteiger charge is -2.38. The third kappa shape index (κ3) is 5.11. The van der Waals surface area contributed by atoms with Gasteiger partial charge < -0.3 is 43.6 Å². The molecule has 0 spiro atoms. The summed E-state index contributed by atoms with van der Waals surface area (Å²) in [4.78, 5) is 23.9. The van der Waals surface area contributed by atoms with Crippen molar-refractivity contribution >= 4 is 27.3 Å². The van der Waals surface area contributed by atoms with E-state index in [2.05, 4.69) is 4.18 Å². The van der Waals surface area contributed by atoms with E-state index in [0.29, 0.717) is 0 Å². The molecule has 1 aliphatic heterocycles. The maximum atomic E-state index is 12.6. The number of aliphatic carboxylic acids is 1. The number of carbonyl (C=O) groups is 1. The highest BCUT2D eigenvalue weighted by Gasteiger charge is 2.48. The maximum Gasteiger partial charge on any atom is 0.446 e. The summed E-state index contributed by atoms with van der Waals surface area (Å²) in [5, 5.41) is 49.1. The fourth-order valence-corrected chi connectivity index (χ4v) is 3.89. The molecule has 0 saturated carbocycles. The van der Waals surface area contributed by atoms with Gasteiger partial charge in [0.05, 0.1) is 0 Å². The molecule has 2 aromatic carbocycles. The van der Waals surface area contributed by atoms with Gasteiger partial charge in [-0.15, -0.1) is 0 Å². The molecule has 1 aliphatic rings. The van der Waals surface area contributed by atoms with Gasteiger partial charge in [-0.3, -0.25) is 9.35 Å². The fraction of sp³-hybridized carbons (Fsp3) is 0.238. The zero-order valence-electron chi connectivity index (χ0n) is 17.8. The summed E-state index contributed by atoms with van der Waals surface area (Å²) in [6, 6.07) is 8.20. The second-order valence-corrected chi connectivity index (χ2v) is 8.70. The Bertz CT molecular complexity index is 1460. The molecular weight excluding hydrogens is 508 g/mol. The van der Waals surface area contributed by atoms with Crippen molar-refractivity contribution < 1.29 is 61.4 Å². The third-order valence-electron chi connectivity index (χ3n) is 5.19. The summed E-state index contributed by atoms with van der Waals surface area (Å²) in [6.45, 7) is 0. The Labute approximate surface area is 201 Å². The summed E-state index contributed by atoms with van der Waals surface area (Å²) in [5.74, 6) is -2.67. The predicted molar refractivity (Wildman–Crippen MR) is 117 cm³/mol. The van der Waals surface area contributed by atoms with Crippen molar-refractivity contribution in [3.05, 3.63) is 52.7 Å². The monoisotopic (exact) mass is 526 g/mol. The molecule has 5 atom stereocenters. The molecule has 0 aliphatic carbocycles. The second kappa shape index (κ2) is 9.38. The van der Waals surface area contributed by atoms with Crippen LogP contribution >= 0.6 is 0 Å². The van der Waals surface area contributed by atoms with Crippen LogP contribution in [0, 0.1) is 0 Å². The minimum atomic E-state index is -4.74. The SMILES string of the molecule is O=C(O)[C@H]1OC(Oc2cc(O)c3c(=O)cc(-c4ccc(OS(=O)(=O)O)cc4)oc3c2)[C@H](O)[C@@H](O)[C@@H]1O. The minimum absolute atomic E-state index is 0.0131. The number of fused-ring (bicyclic) bond motifs is 1. The van der Waals surface area contributed by atoms with Crippen LogP contribution in [0.15, 0.2) is 51.7 Å². The number of aromatic hydroxyl groups is 1. The quantitative estimate of drug-likeness (QED) is 0.225. The van der Waals surface area contributed by atoms with Crippen molar-refractivity contribution in [1.82, 2.24) is 0 Å². The lowest BCUT2D eigenvalue weighted by Crippen LogP contribution is -2.61. The van der Waals surface area contributed by atoms with Crippen LogP contribution in [0.3, 0.4) is 0 Å². The predicted octanol–water partition coefficient (Wildman–Crippen LogP) is -0.382. The molecule has 14 nitrogen and oxygen atoms in total. The van der Waals surface area contributed by atoms with E-state index < -0.39 is 58.3 Å². The number of ether oxygens (including phenoxy) is 2. The molecule has 192 valence electrons. The van der Waals surface area contributed by atoms with Crippen LogP contribution in [-0.2, 0) is 19.9 Å². The number of rotatable bonds is 6. The summed E-state index contributed by atoms with van der Waals surface area (Å²) in [5.41, 5.74) is -0.562. The number of carboxylic acid groups (broad SMARTS) is 1. The van der Waals surface area contributed by atoms with Crippen LogP contribution in [-0.4, -0.2) is 75.2 Å². The number of phenolic OH excluding ortho intramolecular Hbond substituents is 1. The first-order chi connectivity index (χ1) is 16.8. The molecule has 1 unspecified atom stereocenters. The molecular formula is C21H18O14S. The van der Waals surface area contributed by atoms with Crippen molar-refractivity contribution in [3.8, 4) is 28.6 Å². The van der Waals surface area contributed by atoms with E-state index in [9.17, 15) is 38.4 Å². The van der Waals surface area contributed by atoms with E-state index in [0.717, 1.165) is 18.2 Å². The van der Waals surface area contributed by atoms with Gasteiger partial charge in [0.25, 0.3) is 0 Å². The van der Waals surface area contributed by atoms with Gasteiger partial charge >= 0.3 is 16.4 Å². The Morgan fingerprint density at radius 2 is 1.61 bits per heavy atom. The van der Waals surface area contributed by atoms with Gasteiger partial charge in [-0.1, -0.05) is 0 Å². The molecule has 36 heavy (non-hydrogen) atoms. The van der Waals surface area contributed by atoms with Crippen LogP contribution < -0.4 is 14.3 Å². The average molecular weight is 526 g/mol. The van der Waals surface area contributed by atoms with E-state index in [4.69, 9.17) is 23.6 Å². The van der Waals surface area contributed by atoms with Crippen molar-refractivity contribution in [2.24, 2.45) is 0 Å². The highest BCUT2D eigenvalue weighted by molar-refractivity contribution is 7.81. The van der Waals surface area contributed by atoms with Crippen LogP contribution in [0.5, 0.6) is 17.2 Å². The van der Waals surface area contributed by atoms with Crippen molar-refractivity contribution in [1.29, 1.82) is 0 Å². The average Bonchev–Trinajstić information content (AvgIpc) is 2.78. The molecule has 15 heteroatoms.